The molecule has 1 heterocycles. The lowest BCUT2D eigenvalue weighted by Gasteiger charge is -2.03. The minimum Gasteiger partial charge on any atom is -0.454 e. The molecule has 0 amide bonds. The van der Waals surface area contributed by atoms with Crippen LogP contribution in [0.4, 0.5) is 4.79 Å². The lowest BCUT2D eigenvalue weighted by molar-refractivity contribution is 0.174. The molecule has 1 N–H and O–H groups in total. The molecular weight excluding hydrogens is 218 g/mol. The maximum absolute atomic E-state index is 10.5. The third kappa shape index (κ3) is 2.04. The van der Waals surface area contributed by atoms with E-state index in [1.165, 1.54) is 0 Å². The van der Waals surface area contributed by atoms with E-state index in [2.05, 4.69) is 17.4 Å². The zero-order chi connectivity index (χ0) is 10.8. The topological polar surface area (TPSA) is 68.6 Å². The number of fused-ring (bicyclic) bond motifs is 1. The van der Waals surface area contributed by atoms with Gasteiger partial charge in [0, 0.05) is 5.56 Å². The van der Waals surface area contributed by atoms with E-state index >= 15 is 0 Å². The van der Waals surface area contributed by atoms with Crippen molar-refractivity contribution in [2.24, 2.45) is 0 Å². The maximum Gasteiger partial charge on any atom is 0.370 e. The lowest BCUT2D eigenvalue weighted by Crippen LogP contribution is -2.06. The number of benzene rings is 1. The van der Waals surface area contributed by atoms with Gasteiger partial charge in [-0.15, -0.1) is 0 Å². The first-order valence-corrected chi connectivity index (χ1v) is 4.51. The Morgan fingerprint density at radius 1 is 1.40 bits per heavy atom. The van der Waals surface area contributed by atoms with E-state index in [1.807, 2.05) is 0 Å². The summed E-state index contributed by atoms with van der Waals surface area (Å²) in [6.45, 7) is 0.165. The van der Waals surface area contributed by atoms with Gasteiger partial charge >= 0.3 is 5.30 Å². The molecule has 0 saturated heterocycles. The van der Waals surface area contributed by atoms with Gasteiger partial charge in [-0.25, -0.2) is 4.79 Å². The SMILES string of the molecule is N=C(OC(=O)S)c1ccc2c(c1)OCO2. The smallest absolute Gasteiger partial charge is 0.370 e. The number of thiol groups is 1. The van der Waals surface area contributed by atoms with Crippen molar-refractivity contribution in [3.05, 3.63) is 23.8 Å². The van der Waals surface area contributed by atoms with Crippen LogP contribution in [0.3, 0.4) is 0 Å². The summed E-state index contributed by atoms with van der Waals surface area (Å²) in [7, 11) is 0. The number of ether oxygens (including phenoxy) is 3. The average molecular weight is 225 g/mol. The Kier molecular flexibility index (Phi) is 2.51. The molecule has 0 radical (unpaired) electrons. The van der Waals surface area contributed by atoms with Crippen LogP contribution in [0.1, 0.15) is 5.56 Å². The number of carbonyl (C=O) groups excluding carboxylic acids is 1. The summed E-state index contributed by atoms with van der Waals surface area (Å²) in [6, 6.07) is 4.83. The van der Waals surface area contributed by atoms with Gasteiger partial charge in [0.05, 0.1) is 0 Å². The first-order chi connectivity index (χ1) is 7.16. The van der Waals surface area contributed by atoms with Gasteiger partial charge in [0.1, 0.15) is 0 Å². The summed E-state index contributed by atoms with van der Waals surface area (Å²) in [5.74, 6) is 0.879. The van der Waals surface area contributed by atoms with Crippen molar-refractivity contribution >= 4 is 23.8 Å². The van der Waals surface area contributed by atoms with Crippen LogP contribution in [-0.2, 0) is 4.74 Å². The molecule has 78 valence electrons. The largest absolute Gasteiger partial charge is 0.454 e. The summed E-state index contributed by atoms with van der Waals surface area (Å²) in [6.07, 6.45) is 0. The van der Waals surface area contributed by atoms with Crippen LogP contribution in [-0.4, -0.2) is 18.0 Å². The van der Waals surface area contributed by atoms with E-state index in [0.717, 1.165) is 0 Å². The molecule has 5 nitrogen and oxygen atoms in total. The van der Waals surface area contributed by atoms with E-state index in [4.69, 9.17) is 14.9 Å². The number of hydrogen-bond acceptors (Lipinski definition) is 5. The Hall–Kier alpha value is -1.69. The molecule has 0 atom stereocenters. The number of nitrogens with one attached hydrogen (secondary N) is 1. The third-order valence-electron chi connectivity index (χ3n) is 1.82. The van der Waals surface area contributed by atoms with Crippen LogP contribution in [0, 0.1) is 5.41 Å². The highest BCUT2D eigenvalue weighted by Gasteiger charge is 2.15. The first-order valence-electron chi connectivity index (χ1n) is 4.06. The Morgan fingerprint density at radius 3 is 2.87 bits per heavy atom. The molecule has 0 fully saturated rings. The van der Waals surface area contributed by atoms with E-state index in [0.29, 0.717) is 17.1 Å². The van der Waals surface area contributed by atoms with Gasteiger partial charge in [-0.3, -0.25) is 5.41 Å². The van der Waals surface area contributed by atoms with Crippen LogP contribution in [0.25, 0.3) is 0 Å². The molecule has 0 saturated carbocycles. The van der Waals surface area contributed by atoms with Crippen molar-refractivity contribution in [1.29, 1.82) is 5.41 Å². The minimum atomic E-state index is -0.822. The summed E-state index contributed by atoms with van der Waals surface area (Å²) >= 11 is 3.41. The number of rotatable bonds is 1. The monoisotopic (exact) mass is 225 g/mol. The van der Waals surface area contributed by atoms with Gasteiger partial charge < -0.3 is 14.2 Å². The van der Waals surface area contributed by atoms with Crippen LogP contribution >= 0.6 is 12.6 Å². The zero-order valence-corrected chi connectivity index (χ0v) is 8.41. The Bertz CT molecular complexity index is 432. The maximum atomic E-state index is 10.5. The van der Waals surface area contributed by atoms with Gasteiger partial charge in [0.15, 0.2) is 11.5 Å². The second-order valence-corrected chi connectivity index (χ2v) is 3.13. The number of hydrogen-bond donors (Lipinski definition) is 2. The summed E-state index contributed by atoms with van der Waals surface area (Å²) < 4.78 is 14.7. The molecule has 1 aliphatic heterocycles. The molecule has 0 spiro atoms. The highest BCUT2D eigenvalue weighted by molar-refractivity contribution is 7.96. The standard InChI is InChI=1S/C9H7NO4S/c10-8(14-9(11)15)5-1-2-6-7(3-5)13-4-12-6/h1-3,10H,4H2,(H,11,15). The molecular formula is C9H7NO4S. The van der Waals surface area contributed by atoms with E-state index in [-0.39, 0.29) is 12.7 Å². The second kappa shape index (κ2) is 3.82. The van der Waals surface area contributed by atoms with Gasteiger partial charge in [-0.1, -0.05) is 12.6 Å². The van der Waals surface area contributed by atoms with Crippen molar-refractivity contribution in [2.75, 3.05) is 6.79 Å². The molecule has 0 aromatic heterocycles. The second-order valence-electron chi connectivity index (χ2n) is 2.77. The van der Waals surface area contributed by atoms with Gasteiger partial charge in [0.25, 0.3) is 0 Å². The Labute approximate surface area is 90.9 Å². The molecule has 1 aliphatic rings. The third-order valence-corrected chi connectivity index (χ3v) is 1.92. The first kappa shape index (κ1) is 9.85. The van der Waals surface area contributed by atoms with Crippen molar-refractivity contribution in [1.82, 2.24) is 0 Å². The van der Waals surface area contributed by atoms with E-state index in [9.17, 15) is 4.79 Å². The molecule has 15 heavy (non-hydrogen) atoms. The molecule has 0 bridgehead atoms. The Balaban J connectivity index is 2.23. The van der Waals surface area contributed by atoms with E-state index < -0.39 is 5.30 Å². The summed E-state index contributed by atoms with van der Waals surface area (Å²) in [5.41, 5.74) is 0.432. The van der Waals surface area contributed by atoms with Crippen LogP contribution in [0.5, 0.6) is 11.5 Å². The van der Waals surface area contributed by atoms with Crippen LogP contribution < -0.4 is 9.47 Å². The lowest BCUT2D eigenvalue weighted by atomic mass is 10.2. The fourth-order valence-electron chi connectivity index (χ4n) is 1.18. The molecule has 1 aromatic rings. The minimum absolute atomic E-state index is 0.165. The van der Waals surface area contributed by atoms with Crippen molar-refractivity contribution in [3.63, 3.8) is 0 Å². The predicted octanol–water partition coefficient (Wildman–Crippen LogP) is 1.81. The van der Waals surface area contributed by atoms with Gasteiger partial charge in [-0.2, -0.15) is 0 Å². The van der Waals surface area contributed by atoms with Gasteiger partial charge in [0.2, 0.25) is 12.7 Å². The van der Waals surface area contributed by atoms with Crippen LogP contribution in [0.15, 0.2) is 18.2 Å². The summed E-state index contributed by atoms with van der Waals surface area (Å²) in [5, 5.41) is 6.61. The van der Waals surface area contributed by atoms with Gasteiger partial charge in [-0.05, 0) is 18.2 Å². The van der Waals surface area contributed by atoms with Crippen LogP contribution in [0.2, 0.25) is 0 Å². The van der Waals surface area contributed by atoms with Crippen molar-refractivity contribution in [3.8, 4) is 11.5 Å². The quantitative estimate of drug-likeness (QED) is 0.331. The molecule has 0 aliphatic carbocycles. The summed E-state index contributed by atoms with van der Waals surface area (Å²) in [4.78, 5) is 10.5. The molecule has 6 heteroatoms. The zero-order valence-electron chi connectivity index (χ0n) is 7.52. The highest BCUT2D eigenvalue weighted by atomic mass is 32.1. The Morgan fingerprint density at radius 2 is 2.13 bits per heavy atom. The fourth-order valence-corrected chi connectivity index (χ4v) is 1.28. The predicted molar refractivity (Wildman–Crippen MR) is 54.9 cm³/mol. The number of carbonyl (C=O) groups is 1. The average Bonchev–Trinajstić information content (AvgIpc) is 2.62. The van der Waals surface area contributed by atoms with Crippen molar-refractivity contribution in [2.45, 2.75) is 0 Å². The fraction of sp³-hybridized carbons (Fsp3) is 0.111. The molecule has 1 aromatic carbocycles. The van der Waals surface area contributed by atoms with Crippen molar-refractivity contribution < 1.29 is 19.0 Å². The molecule has 2 rings (SSSR count). The molecule has 0 unspecified atom stereocenters. The van der Waals surface area contributed by atoms with E-state index in [1.54, 1.807) is 18.2 Å². The highest BCUT2D eigenvalue weighted by Crippen LogP contribution is 2.32. The normalized spacial score (nSPS) is 12.3.